The third-order valence-electron chi connectivity index (χ3n) is 2.69. The Kier molecular flexibility index (Phi) is 5.61. The van der Waals surface area contributed by atoms with Gasteiger partial charge in [-0.05, 0) is 25.0 Å². The highest BCUT2D eigenvalue weighted by molar-refractivity contribution is 5.75. The molecule has 0 aromatic heterocycles. The molecule has 5 N–H and O–H groups in total. The molecule has 0 saturated carbocycles. The first-order chi connectivity index (χ1) is 8.49. The Bertz CT molecular complexity index is 394. The summed E-state index contributed by atoms with van der Waals surface area (Å²) in [5, 5.41) is 9.29. The van der Waals surface area contributed by atoms with Crippen molar-refractivity contribution >= 4 is 11.6 Å². The normalized spacial score (nSPS) is 12.6. The van der Waals surface area contributed by atoms with Crippen LogP contribution < -0.4 is 11.5 Å². The van der Waals surface area contributed by atoms with Gasteiger partial charge in [-0.2, -0.15) is 0 Å². The lowest BCUT2D eigenvalue weighted by atomic mass is 10.1. The Balaban J connectivity index is 2.65. The number of nitrogens with zero attached hydrogens (tertiary/aromatic N) is 1. The molecule has 5 heteroatoms. The van der Waals surface area contributed by atoms with Crippen LogP contribution in [0.2, 0.25) is 0 Å². The van der Waals surface area contributed by atoms with Crippen LogP contribution in [0.15, 0.2) is 24.3 Å². The number of hydrogen-bond acceptors (Lipinski definition) is 4. The van der Waals surface area contributed by atoms with E-state index in [2.05, 4.69) is 0 Å². The van der Waals surface area contributed by atoms with E-state index in [0.717, 1.165) is 5.56 Å². The van der Waals surface area contributed by atoms with Gasteiger partial charge in [0, 0.05) is 18.8 Å². The molecule has 1 rings (SSSR count). The van der Waals surface area contributed by atoms with E-state index in [9.17, 15) is 9.90 Å². The van der Waals surface area contributed by atoms with Crippen molar-refractivity contribution in [1.82, 2.24) is 4.90 Å². The predicted octanol–water partition coefficient (Wildman–Crippen LogP) is 0.327. The van der Waals surface area contributed by atoms with Crippen LogP contribution in [0.25, 0.3) is 0 Å². The highest BCUT2D eigenvalue weighted by Crippen LogP contribution is 2.13. The molecule has 0 aliphatic carbocycles. The van der Waals surface area contributed by atoms with Crippen LogP contribution in [0.5, 0.6) is 0 Å². The molecule has 0 bridgehead atoms. The van der Waals surface area contributed by atoms with Gasteiger partial charge in [0.05, 0.1) is 12.6 Å². The minimum absolute atomic E-state index is 0.168. The van der Waals surface area contributed by atoms with E-state index in [4.69, 9.17) is 11.5 Å². The lowest BCUT2D eigenvalue weighted by molar-refractivity contribution is -0.119. The summed E-state index contributed by atoms with van der Waals surface area (Å²) in [6.45, 7) is 3.05. The van der Waals surface area contributed by atoms with Crippen molar-refractivity contribution in [2.24, 2.45) is 5.73 Å². The van der Waals surface area contributed by atoms with Crippen molar-refractivity contribution in [2.45, 2.75) is 26.0 Å². The van der Waals surface area contributed by atoms with Gasteiger partial charge in [-0.1, -0.05) is 18.2 Å². The Morgan fingerprint density at radius 1 is 1.44 bits per heavy atom. The third kappa shape index (κ3) is 5.16. The quantitative estimate of drug-likeness (QED) is 0.609. The van der Waals surface area contributed by atoms with Crippen LogP contribution in [0.4, 0.5) is 5.69 Å². The predicted molar refractivity (Wildman–Crippen MR) is 71.6 cm³/mol. The van der Waals surface area contributed by atoms with Crippen molar-refractivity contribution in [1.29, 1.82) is 0 Å². The van der Waals surface area contributed by atoms with Crippen LogP contribution in [0.1, 0.15) is 18.9 Å². The Morgan fingerprint density at radius 2 is 2.11 bits per heavy atom. The second-order valence-corrected chi connectivity index (χ2v) is 4.51. The van der Waals surface area contributed by atoms with Crippen LogP contribution in [-0.4, -0.2) is 35.1 Å². The SMILES string of the molecule is CC(O)CCN(CC(N)=O)Cc1ccccc1N. The van der Waals surface area contributed by atoms with Crippen molar-refractivity contribution in [3.05, 3.63) is 29.8 Å². The smallest absolute Gasteiger partial charge is 0.231 e. The van der Waals surface area contributed by atoms with E-state index in [1.807, 2.05) is 29.2 Å². The summed E-state index contributed by atoms with van der Waals surface area (Å²) in [4.78, 5) is 12.9. The van der Waals surface area contributed by atoms with Crippen LogP contribution >= 0.6 is 0 Å². The number of rotatable bonds is 7. The molecule has 5 nitrogen and oxygen atoms in total. The molecule has 1 aromatic rings. The summed E-state index contributed by atoms with van der Waals surface area (Å²) < 4.78 is 0. The first-order valence-corrected chi connectivity index (χ1v) is 6.01. The van der Waals surface area contributed by atoms with E-state index in [-0.39, 0.29) is 12.5 Å². The molecule has 1 atom stereocenters. The van der Waals surface area contributed by atoms with E-state index < -0.39 is 6.10 Å². The molecule has 1 aromatic carbocycles. The number of nitrogen functional groups attached to an aromatic ring is 1. The maximum Gasteiger partial charge on any atom is 0.231 e. The zero-order valence-corrected chi connectivity index (χ0v) is 10.7. The highest BCUT2D eigenvalue weighted by Gasteiger charge is 2.11. The lowest BCUT2D eigenvalue weighted by Gasteiger charge is -2.22. The molecule has 18 heavy (non-hydrogen) atoms. The van der Waals surface area contributed by atoms with Crippen LogP contribution in [0.3, 0.4) is 0 Å². The largest absolute Gasteiger partial charge is 0.398 e. The Labute approximate surface area is 107 Å². The summed E-state index contributed by atoms with van der Waals surface area (Å²) in [6, 6.07) is 7.52. The van der Waals surface area contributed by atoms with Crippen LogP contribution in [0, 0.1) is 0 Å². The third-order valence-corrected chi connectivity index (χ3v) is 2.69. The van der Waals surface area contributed by atoms with E-state index >= 15 is 0 Å². The molecule has 0 saturated heterocycles. The monoisotopic (exact) mass is 251 g/mol. The molecule has 1 amide bonds. The number of para-hydroxylation sites is 1. The fourth-order valence-corrected chi connectivity index (χ4v) is 1.72. The van der Waals surface area contributed by atoms with Gasteiger partial charge in [0.15, 0.2) is 0 Å². The van der Waals surface area contributed by atoms with E-state index in [1.54, 1.807) is 6.92 Å². The second-order valence-electron chi connectivity index (χ2n) is 4.51. The second kappa shape index (κ2) is 6.98. The van der Waals surface area contributed by atoms with Gasteiger partial charge in [-0.25, -0.2) is 0 Å². The van der Waals surface area contributed by atoms with Crippen LogP contribution in [-0.2, 0) is 11.3 Å². The maximum atomic E-state index is 11.0. The van der Waals surface area contributed by atoms with Gasteiger partial charge in [0.1, 0.15) is 0 Å². The Morgan fingerprint density at radius 3 is 2.67 bits per heavy atom. The number of benzene rings is 1. The fourth-order valence-electron chi connectivity index (χ4n) is 1.72. The first-order valence-electron chi connectivity index (χ1n) is 6.01. The van der Waals surface area contributed by atoms with Gasteiger partial charge in [-0.3, -0.25) is 9.69 Å². The molecule has 0 fully saturated rings. The van der Waals surface area contributed by atoms with Gasteiger partial charge >= 0.3 is 0 Å². The molecule has 0 radical (unpaired) electrons. The first kappa shape index (κ1) is 14.5. The molecule has 100 valence electrons. The van der Waals surface area contributed by atoms with Crippen molar-refractivity contribution < 1.29 is 9.90 Å². The molecule has 0 aliphatic rings. The fraction of sp³-hybridized carbons (Fsp3) is 0.462. The summed E-state index contributed by atoms with van der Waals surface area (Å²) in [5.74, 6) is -0.380. The number of primary amides is 1. The molecule has 0 heterocycles. The summed E-state index contributed by atoms with van der Waals surface area (Å²) in [5.41, 5.74) is 12.7. The van der Waals surface area contributed by atoms with E-state index in [1.165, 1.54) is 0 Å². The number of nitrogens with two attached hydrogens (primary N) is 2. The lowest BCUT2D eigenvalue weighted by Crippen LogP contribution is -2.35. The highest BCUT2D eigenvalue weighted by atomic mass is 16.3. The van der Waals surface area contributed by atoms with Crippen molar-refractivity contribution in [3.63, 3.8) is 0 Å². The minimum atomic E-state index is -0.395. The number of hydrogen-bond donors (Lipinski definition) is 3. The summed E-state index contributed by atoms with van der Waals surface area (Å²) in [6.07, 6.45) is 0.202. The average Bonchev–Trinajstić information content (AvgIpc) is 2.28. The molecule has 0 aliphatic heterocycles. The van der Waals surface area contributed by atoms with Gasteiger partial charge in [0.2, 0.25) is 5.91 Å². The van der Waals surface area contributed by atoms with Crippen molar-refractivity contribution in [2.75, 3.05) is 18.8 Å². The average molecular weight is 251 g/mol. The number of carbonyl (C=O) groups is 1. The molecule has 1 unspecified atom stereocenters. The van der Waals surface area contributed by atoms with Gasteiger partial charge < -0.3 is 16.6 Å². The minimum Gasteiger partial charge on any atom is -0.398 e. The van der Waals surface area contributed by atoms with Crippen molar-refractivity contribution in [3.8, 4) is 0 Å². The number of aliphatic hydroxyl groups is 1. The van der Waals surface area contributed by atoms with E-state index in [0.29, 0.717) is 25.2 Å². The number of amides is 1. The molecule has 0 spiro atoms. The number of aliphatic hydroxyl groups excluding tert-OH is 1. The van der Waals surface area contributed by atoms with Gasteiger partial charge in [0.25, 0.3) is 0 Å². The standard InChI is InChI=1S/C13H21N3O2/c1-10(17)6-7-16(9-13(15)18)8-11-4-2-3-5-12(11)14/h2-5,10,17H,6-9,14H2,1H3,(H2,15,18). The molecular formula is C13H21N3O2. The Hall–Kier alpha value is -1.59. The number of anilines is 1. The topological polar surface area (TPSA) is 92.6 Å². The number of carbonyl (C=O) groups excluding carboxylic acids is 1. The molecular weight excluding hydrogens is 230 g/mol. The zero-order chi connectivity index (χ0) is 13.5. The zero-order valence-electron chi connectivity index (χ0n) is 10.7. The van der Waals surface area contributed by atoms with Gasteiger partial charge in [-0.15, -0.1) is 0 Å². The summed E-state index contributed by atoms with van der Waals surface area (Å²) in [7, 11) is 0. The summed E-state index contributed by atoms with van der Waals surface area (Å²) >= 11 is 0. The maximum absolute atomic E-state index is 11.0.